The van der Waals surface area contributed by atoms with Crippen molar-refractivity contribution in [2.24, 2.45) is 15.9 Å². The number of carbonyl (C=O) groups excluding carboxylic acids is 1. The van der Waals surface area contributed by atoms with E-state index in [0.717, 1.165) is 0 Å². The summed E-state index contributed by atoms with van der Waals surface area (Å²) in [5, 5.41) is 18.9. The number of sulfonamides is 1. The van der Waals surface area contributed by atoms with Crippen LogP contribution in [0, 0.1) is 10.1 Å². The maximum atomic E-state index is 13.6. The van der Waals surface area contributed by atoms with Gasteiger partial charge in [-0.2, -0.15) is 13.5 Å². The lowest BCUT2D eigenvalue weighted by Gasteiger charge is -2.26. The van der Waals surface area contributed by atoms with Gasteiger partial charge >= 0.3 is 0 Å². The van der Waals surface area contributed by atoms with E-state index in [4.69, 9.17) is 23.1 Å². The third kappa shape index (κ3) is 4.33. The zero-order valence-electron chi connectivity index (χ0n) is 19.3. The highest BCUT2D eigenvalue weighted by atomic mass is 35.5. The lowest BCUT2D eigenvalue weighted by atomic mass is 9.95. The number of nitrogens with one attached hydrogen (secondary N) is 1. The number of hydrogen-bond donors (Lipinski definition) is 3. The number of halogens is 1. The van der Waals surface area contributed by atoms with E-state index in [1.54, 1.807) is 36.4 Å². The zero-order valence-corrected chi connectivity index (χ0v) is 20.8. The number of guanidine groups is 1. The number of non-ortho nitro benzene ring substituents is 1. The molecule has 1 atom stereocenters. The van der Waals surface area contributed by atoms with E-state index in [2.05, 4.69) is 14.6 Å². The number of H-pyrrole nitrogens is 1. The lowest BCUT2D eigenvalue weighted by Crippen LogP contribution is -2.29. The monoisotopic (exact) mass is 551 g/mol. The second kappa shape index (κ2) is 9.28. The first-order valence-corrected chi connectivity index (χ1v) is 12.8. The number of carbonyl (C=O) groups is 1. The molecule has 5 N–H and O–H groups in total. The van der Waals surface area contributed by atoms with Crippen molar-refractivity contribution in [1.82, 2.24) is 10.2 Å². The standard InChI is InChI=1S/C24H18ClN7O5S/c25-15-5-1-13(2-6-15)20-19-21(29-28-20)23(33)31(22(19)14-3-7-17(8-4-14)32(34)35)16-9-11-18(12-10-16)38(36,37)30-24(26)27/h1-12,22H,(H,28,29)(H4,26,27,30). The third-order valence-electron chi connectivity index (χ3n) is 5.94. The number of benzene rings is 3. The van der Waals surface area contributed by atoms with E-state index in [1.807, 2.05) is 0 Å². The van der Waals surface area contributed by atoms with Crippen molar-refractivity contribution in [3.05, 3.63) is 105 Å². The highest BCUT2D eigenvalue weighted by Crippen LogP contribution is 2.45. The summed E-state index contributed by atoms with van der Waals surface area (Å²) in [5.41, 5.74) is 13.3. The topological polar surface area (TPSA) is 191 Å². The molecule has 1 aliphatic rings. The maximum absolute atomic E-state index is 13.6. The molecule has 1 aliphatic heterocycles. The Labute approximate surface area is 220 Å². The molecule has 12 nitrogen and oxygen atoms in total. The fourth-order valence-corrected chi connectivity index (χ4v) is 5.29. The number of fused-ring (bicyclic) bond motifs is 1. The Morgan fingerprint density at radius 1 is 1.03 bits per heavy atom. The summed E-state index contributed by atoms with van der Waals surface area (Å²) < 4.78 is 28.0. The number of nitro groups is 1. The number of nitrogens with zero attached hydrogens (tertiary/aromatic N) is 4. The lowest BCUT2D eigenvalue weighted by molar-refractivity contribution is -0.384. The second-order valence-corrected chi connectivity index (χ2v) is 10.3. The predicted molar refractivity (Wildman–Crippen MR) is 140 cm³/mol. The first kappa shape index (κ1) is 24.9. The highest BCUT2D eigenvalue weighted by molar-refractivity contribution is 7.90. The highest BCUT2D eigenvalue weighted by Gasteiger charge is 2.43. The van der Waals surface area contributed by atoms with Gasteiger partial charge in [-0.05, 0) is 54.1 Å². The van der Waals surface area contributed by atoms with E-state index in [1.165, 1.54) is 41.3 Å². The SMILES string of the molecule is NC(N)=NS(=O)(=O)c1ccc(N2C(=O)c3[nH]nc(-c4ccc(Cl)cc4)c3C2c2ccc([N+](=O)[O-])cc2)cc1. The first-order chi connectivity index (χ1) is 18.1. The van der Waals surface area contributed by atoms with Crippen molar-refractivity contribution in [2.75, 3.05) is 4.90 Å². The van der Waals surface area contributed by atoms with Crippen LogP contribution in [0.5, 0.6) is 0 Å². The van der Waals surface area contributed by atoms with Crippen LogP contribution in [0.15, 0.2) is 82.1 Å². The van der Waals surface area contributed by atoms with Crippen molar-refractivity contribution < 1.29 is 18.1 Å². The first-order valence-electron chi connectivity index (χ1n) is 10.9. The Morgan fingerprint density at radius 2 is 1.66 bits per heavy atom. The summed E-state index contributed by atoms with van der Waals surface area (Å²) >= 11 is 6.04. The fourth-order valence-electron chi connectivity index (χ4n) is 4.31. The van der Waals surface area contributed by atoms with E-state index in [-0.39, 0.29) is 16.3 Å². The normalized spacial score (nSPS) is 14.8. The van der Waals surface area contributed by atoms with Gasteiger partial charge in [-0.1, -0.05) is 23.7 Å². The Hall–Kier alpha value is -4.75. The largest absolute Gasteiger partial charge is 0.369 e. The van der Waals surface area contributed by atoms with Gasteiger partial charge in [0.25, 0.3) is 21.6 Å². The van der Waals surface area contributed by atoms with Gasteiger partial charge in [-0.3, -0.25) is 24.9 Å². The van der Waals surface area contributed by atoms with Crippen molar-refractivity contribution in [1.29, 1.82) is 0 Å². The molecule has 1 aromatic heterocycles. The predicted octanol–water partition coefficient (Wildman–Crippen LogP) is 3.35. The number of nitrogens with two attached hydrogens (primary N) is 2. The summed E-state index contributed by atoms with van der Waals surface area (Å²) in [6, 6.07) is 17.5. The van der Waals surface area contributed by atoms with Gasteiger partial charge in [0.15, 0.2) is 0 Å². The van der Waals surface area contributed by atoms with E-state index < -0.39 is 32.9 Å². The summed E-state index contributed by atoms with van der Waals surface area (Å²) in [5.74, 6) is -1.03. The Morgan fingerprint density at radius 3 is 2.24 bits per heavy atom. The molecule has 192 valence electrons. The molecule has 14 heteroatoms. The molecule has 5 rings (SSSR count). The van der Waals surface area contributed by atoms with Crippen LogP contribution >= 0.6 is 11.6 Å². The quantitative estimate of drug-likeness (QED) is 0.140. The summed E-state index contributed by atoms with van der Waals surface area (Å²) in [6.45, 7) is 0. The van der Waals surface area contributed by atoms with Crippen molar-refractivity contribution in [2.45, 2.75) is 10.9 Å². The molecule has 0 fully saturated rings. The molecule has 0 saturated heterocycles. The van der Waals surface area contributed by atoms with E-state index >= 15 is 0 Å². The van der Waals surface area contributed by atoms with Crippen molar-refractivity contribution in [3.8, 4) is 11.3 Å². The van der Waals surface area contributed by atoms with Crippen molar-refractivity contribution in [3.63, 3.8) is 0 Å². The number of amides is 1. The molecular formula is C24H18ClN7O5S. The molecular weight excluding hydrogens is 534 g/mol. The van der Waals surface area contributed by atoms with Gasteiger partial charge in [0.1, 0.15) is 5.69 Å². The molecule has 0 radical (unpaired) electrons. The van der Waals surface area contributed by atoms with Gasteiger partial charge in [0.05, 0.1) is 21.6 Å². The van der Waals surface area contributed by atoms with Crippen LogP contribution in [0.2, 0.25) is 5.02 Å². The average Bonchev–Trinajstić information content (AvgIpc) is 3.43. The van der Waals surface area contributed by atoms with Gasteiger partial charge in [-0.15, -0.1) is 4.40 Å². The number of aromatic amines is 1. The van der Waals surface area contributed by atoms with Crippen LogP contribution in [-0.4, -0.2) is 35.4 Å². The Kier molecular flexibility index (Phi) is 6.09. The zero-order chi connectivity index (χ0) is 27.2. The van der Waals surface area contributed by atoms with Gasteiger partial charge in [0.2, 0.25) is 5.96 Å². The van der Waals surface area contributed by atoms with E-state index in [0.29, 0.717) is 33.1 Å². The van der Waals surface area contributed by atoms with Crippen LogP contribution < -0.4 is 16.4 Å². The number of aromatic nitrogens is 2. The minimum Gasteiger partial charge on any atom is -0.369 e. The van der Waals surface area contributed by atoms with Gasteiger partial charge in [0, 0.05) is 34.0 Å². The number of hydrogen-bond acceptors (Lipinski definition) is 6. The van der Waals surface area contributed by atoms with Gasteiger partial charge in [-0.25, -0.2) is 0 Å². The van der Waals surface area contributed by atoms with Crippen LogP contribution in [0.4, 0.5) is 11.4 Å². The summed E-state index contributed by atoms with van der Waals surface area (Å²) in [7, 11) is -4.14. The second-order valence-electron chi connectivity index (χ2n) is 8.28. The molecule has 38 heavy (non-hydrogen) atoms. The average molecular weight is 552 g/mol. The molecule has 2 heterocycles. The molecule has 1 amide bonds. The molecule has 1 unspecified atom stereocenters. The van der Waals surface area contributed by atoms with Gasteiger partial charge < -0.3 is 11.5 Å². The Bertz CT molecular complexity index is 1700. The van der Waals surface area contributed by atoms with Crippen LogP contribution in [0.1, 0.15) is 27.7 Å². The smallest absolute Gasteiger partial charge is 0.285 e. The molecule has 4 aromatic rings. The number of rotatable bonds is 6. The van der Waals surface area contributed by atoms with E-state index in [9.17, 15) is 23.3 Å². The molecule has 0 bridgehead atoms. The fraction of sp³-hybridized carbons (Fsp3) is 0.0417. The minimum absolute atomic E-state index is 0.107. The minimum atomic E-state index is -4.14. The molecule has 3 aromatic carbocycles. The van der Waals surface area contributed by atoms with Crippen LogP contribution in [-0.2, 0) is 10.0 Å². The molecule has 0 spiro atoms. The van der Waals surface area contributed by atoms with Crippen LogP contribution in [0.3, 0.4) is 0 Å². The third-order valence-corrected chi connectivity index (χ3v) is 7.51. The molecule has 0 aliphatic carbocycles. The Balaban J connectivity index is 1.65. The molecule has 0 saturated carbocycles. The maximum Gasteiger partial charge on any atom is 0.285 e. The van der Waals surface area contributed by atoms with Crippen LogP contribution in [0.25, 0.3) is 11.3 Å². The van der Waals surface area contributed by atoms with Crippen molar-refractivity contribution >= 4 is 44.9 Å². The number of anilines is 1. The summed E-state index contributed by atoms with van der Waals surface area (Å²) in [6.07, 6.45) is 0. The number of nitro benzene ring substituents is 1. The summed E-state index contributed by atoms with van der Waals surface area (Å²) in [4.78, 5) is 25.6.